The standard InChI is InChI=1S/C20H36N4O2.HI/c1-4-18-17(19(5-2)26-24-18)15-23-20(21-6-3)22-13-10-14-25-16-11-8-7-9-12-16;/h16H,4-15H2,1-3H3,(H2,21,22,23);1H. The first-order chi connectivity index (χ1) is 12.8. The maximum Gasteiger partial charge on any atom is 0.191 e. The first-order valence-corrected chi connectivity index (χ1v) is 10.4. The Bertz CT molecular complexity index is 521. The molecule has 1 aromatic rings. The molecule has 0 spiro atoms. The van der Waals surface area contributed by atoms with Crippen LogP contribution in [0.4, 0.5) is 0 Å². The van der Waals surface area contributed by atoms with E-state index in [1.807, 2.05) is 0 Å². The molecule has 2 rings (SSSR count). The van der Waals surface area contributed by atoms with Gasteiger partial charge < -0.3 is 19.9 Å². The predicted octanol–water partition coefficient (Wildman–Crippen LogP) is 4.21. The number of ether oxygens (including phenoxy) is 1. The van der Waals surface area contributed by atoms with Gasteiger partial charge in [0.25, 0.3) is 0 Å². The van der Waals surface area contributed by atoms with E-state index < -0.39 is 0 Å². The SMILES string of the molecule is CCNC(=NCc1c(CC)noc1CC)NCCCOC1CCCCC1.I. The predicted molar refractivity (Wildman–Crippen MR) is 121 cm³/mol. The monoisotopic (exact) mass is 492 g/mol. The molecule has 156 valence electrons. The van der Waals surface area contributed by atoms with Crippen LogP contribution in [0.5, 0.6) is 0 Å². The summed E-state index contributed by atoms with van der Waals surface area (Å²) >= 11 is 0. The number of halogens is 1. The molecule has 0 amide bonds. The zero-order valence-corrected chi connectivity index (χ0v) is 19.5. The molecule has 1 aromatic heterocycles. The van der Waals surface area contributed by atoms with Crippen LogP contribution in [-0.2, 0) is 24.1 Å². The number of aryl methyl sites for hydroxylation is 2. The molecule has 1 fully saturated rings. The third-order valence-electron chi connectivity index (χ3n) is 4.87. The fraction of sp³-hybridized carbons (Fsp3) is 0.800. The minimum absolute atomic E-state index is 0. The summed E-state index contributed by atoms with van der Waals surface area (Å²) < 4.78 is 11.4. The summed E-state index contributed by atoms with van der Waals surface area (Å²) in [4.78, 5) is 4.71. The highest BCUT2D eigenvalue weighted by molar-refractivity contribution is 14.0. The molecule has 0 bridgehead atoms. The Morgan fingerprint density at radius 1 is 1.15 bits per heavy atom. The molecule has 0 radical (unpaired) electrons. The zero-order valence-electron chi connectivity index (χ0n) is 17.2. The minimum atomic E-state index is 0. The largest absolute Gasteiger partial charge is 0.378 e. The first-order valence-electron chi connectivity index (χ1n) is 10.4. The zero-order chi connectivity index (χ0) is 18.6. The molecule has 2 N–H and O–H groups in total. The van der Waals surface area contributed by atoms with E-state index in [4.69, 9.17) is 14.3 Å². The number of hydrogen-bond acceptors (Lipinski definition) is 4. The van der Waals surface area contributed by atoms with Crippen LogP contribution in [0.3, 0.4) is 0 Å². The normalized spacial score (nSPS) is 15.4. The summed E-state index contributed by atoms with van der Waals surface area (Å²) in [7, 11) is 0. The molecule has 27 heavy (non-hydrogen) atoms. The van der Waals surface area contributed by atoms with Gasteiger partial charge in [0.15, 0.2) is 5.96 Å². The maximum atomic E-state index is 5.98. The number of nitrogens with zero attached hydrogens (tertiary/aromatic N) is 2. The highest BCUT2D eigenvalue weighted by atomic mass is 127. The van der Waals surface area contributed by atoms with E-state index in [0.29, 0.717) is 12.6 Å². The number of hydrogen-bond donors (Lipinski definition) is 2. The van der Waals surface area contributed by atoms with Crippen molar-refractivity contribution in [3.8, 4) is 0 Å². The lowest BCUT2D eigenvalue weighted by atomic mass is 9.98. The molecule has 1 heterocycles. The van der Waals surface area contributed by atoms with Gasteiger partial charge in [-0.25, -0.2) is 4.99 Å². The molecule has 7 heteroatoms. The van der Waals surface area contributed by atoms with Crippen LogP contribution >= 0.6 is 24.0 Å². The first kappa shape index (κ1) is 24.2. The third kappa shape index (κ3) is 8.37. The second kappa shape index (κ2) is 14.2. The highest BCUT2D eigenvalue weighted by Crippen LogP contribution is 2.20. The van der Waals surface area contributed by atoms with Crippen molar-refractivity contribution in [2.75, 3.05) is 19.7 Å². The van der Waals surface area contributed by atoms with Gasteiger partial charge in [-0.3, -0.25) is 0 Å². The minimum Gasteiger partial charge on any atom is -0.378 e. The topological polar surface area (TPSA) is 71.7 Å². The molecule has 6 nitrogen and oxygen atoms in total. The van der Waals surface area contributed by atoms with Gasteiger partial charge in [0.05, 0.1) is 18.3 Å². The van der Waals surface area contributed by atoms with Gasteiger partial charge in [0, 0.05) is 31.7 Å². The van der Waals surface area contributed by atoms with Crippen LogP contribution in [0, 0.1) is 0 Å². The molecule has 0 saturated heterocycles. The van der Waals surface area contributed by atoms with Crippen LogP contribution in [0.25, 0.3) is 0 Å². The number of rotatable bonds is 10. The highest BCUT2D eigenvalue weighted by Gasteiger charge is 2.14. The van der Waals surface area contributed by atoms with Gasteiger partial charge in [-0.05, 0) is 32.6 Å². The summed E-state index contributed by atoms with van der Waals surface area (Å²) in [6.07, 6.45) is 9.68. The van der Waals surface area contributed by atoms with Crippen LogP contribution < -0.4 is 10.6 Å². The lowest BCUT2D eigenvalue weighted by Crippen LogP contribution is -2.38. The smallest absolute Gasteiger partial charge is 0.191 e. The number of nitrogens with one attached hydrogen (secondary N) is 2. The second-order valence-electron chi connectivity index (χ2n) is 6.84. The van der Waals surface area contributed by atoms with E-state index in [0.717, 1.165) is 61.9 Å². The Morgan fingerprint density at radius 2 is 1.93 bits per heavy atom. The Kier molecular flexibility index (Phi) is 12.7. The molecule has 0 atom stereocenters. The van der Waals surface area contributed by atoms with Crippen molar-refractivity contribution in [2.24, 2.45) is 4.99 Å². The van der Waals surface area contributed by atoms with E-state index in [1.165, 1.54) is 32.1 Å². The molecule has 0 aliphatic heterocycles. The number of aliphatic imine (C=N–C) groups is 1. The van der Waals surface area contributed by atoms with Crippen molar-refractivity contribution >= 4 is 29.9 Å². The van der Waals surface area contributed by atoms with Crippen molar-refractivity contribution in [3.63, 3.8) is 0 Å². The van der Waals surface area contributed by atoms with Gasteiger partial charge in [-0.2, -0.15) is 0 Å². The summed E-state index contributed by atoms with van der Waals surface area (Å²) in [5, 5.41) is 10.9. The third-order valence-corrected chi connectivity index (χ3v) is 4.87. The molecular formula is C20H37IN4O2. The summed E-state index contributed by atoms with van der Waals surface area (Å²) in [6.45, 7) is 9.40. The quantitative estimate of drug-likeness (QED) is 0.222. The van der Waals surface area contributed by atoms with Crippen molar-refractivity contribution in [2.45, 2.75) is 84.8 Å². The van der Waals surface area contributed by atoms with Crippen LogP contribution in [-0.4, -0.2) is 36.9 Å². The fourth-order valence-corrected chi connectivity index (χ4v) is 3.38. The van der Waals surface area contributed by atoms with Crippen LogP contribution in [0.1, 0.15) is 76.3 Å². The van der Waals surface area contributed by atoms with Gasteiger partial charge in [-0.15, -0.1) is 24.0 Å². The van der Waals surface area contributed by atoms with Gasteiger partial charge in [0.1, 0.15) is 5.76 Å². The number of guanidine groups is 1. The molecule has 1 aliphatic rings. The molecule has 1 saturated carbocycles. The molecular weight excluding hydrogens is 455 g/mol. The van der Waals surface area contributed by atoms with E-state index in [2.05, 4.69) is 36.6 Å². The van der Waals surface area contributed by atoms with E-state index in [1.54, 1.807) is 0 Å². The van der Waals surface area contributed by atoms with E-state index >= 15 is 0 Å². The van der Waals surface area contributed by atoms with Crippen LogP contribution in [0.2, 0.25) is 0 Å². The Hall–Kier alpha value is -0.830. The summed E-state index contributed by atoms with van der Waals surface area (Å²) in [5.41, 5.74) is 2.15. The van der Waals surface area contributed by atoms with Crippen molar-refractivity contribution in [1.29, 1.82) is 0 Å². The summed E-state index contributed by atoms with van der Waals surface area (Å²) in [6, 6.07) is 0. The van der Waals surface area contributed by atoms with Crippen molar-refractivity contribution in [3.05, 3.63) is 17.0 Å². The van der Waals surface area contributed by atoms with Gasteiger partial charge >= 0.3 is 0 Å². The Morgan fingerprint density at radius 3 is 2.59 bits per heavy atom. The lowest BCUT2D eigenvalue weighted by molar-refractivity contribution is 0.0277. The number of aromatic nitrogens is 1. The molecule has 1 aliphatic carbocycles. The average molecular weight is 492 g/mol. The lowest BCUT2D eigenvalue weighted by Gasteiger charge is -2.22. The van der Waals surface area contributed by atoms with E-state index in [-0.39, 0.29) is 24.0 Å². The van der Waals surface area contributed by atoms with Crippen molar-refractivity contribution in [1.82, 2.24) is 15.8 Å². The molecule has 0 aromatic carbocycles. The average Bonchev–Trinajstić information content (AvgIpc) is 3.08. The fourth-order valence-electron chi connectivity index (χ4n) is 3.38. The van der Waals surface area contributed by atoms with Gasteiger partial charge in [-0.1, -0.05) is 38.3 Å². The maximum absolute atomic E-state index is 5.98. The van der Waals surface area contributed by atoms with Gasteiger partial charge in [0.2, 0.25) is 0 Å². The van der Waals surface area contributed by atoms with E-state index in [9.17, 15) is 0 Å². The molecule has 0 unspecified atom stereocenters. The second-order valence-corrected chi connectivity index (χ2v) is 6.84. The Balaban J connectivity index is 0.00000364. The summed E-state index contributed by atoms with van der Waals surface area (Å²) in [5.74, 6) is 1.79. The Labute approximate surface area is 181 Å². The van der Waals surface area contributed by atoms with Crippen LogP contribution in [0.15, 0.2) is 9.52 Å². The van der Waals surface area contributed by atoms with Crippen molar-refractivity contribution < 1.29 is 9.26 Å².